The molecule has 1 amide bonds. The van der Waals surface area contributed by atoms with Crippen LogP contribution in [0, 0.1) is 11.6 Å². The van der Waals surface area contributed by atoms with E-state index in [-0.39, 0.29) is 17.7 Å². The Morgan fingerprint density at radius 1 is 0.931 bits per heavy atom. The van der Waals surface area contributed by atoms with E-state index in [0.29, 0.717) is 11.3 Å². The van der Waals surface area contributed by atoms with E-state index in [4.69, 9.17) is 0 Å². The lowest BCUT2D eigenvalue weighted by Crippen LogP contribution is -2.41. The second-order valence-electron chi connectivity index (χ2n) is 6.97. The quantitative estimate of drug-likeness (QED) is 0.668. The SMILES string of the molecule is O=C(CC1(O)C(=O)N(Cc2ccccc2F)c2ccccc21)c1ccc(F)cc1. The summed E-state index contributed by atoms with van der Waals surface area (Å²) in [5.41, 5.74) is -0.873. The molecule has 1 N–H and O–H groups in total. The molecule has 1 aliphatic heterocycles. The topological polar surface area (TPSA) is 57.6 Å². The van der Waals surface area contributed by atoms with Crippen molar-refractivity contribution >= 4 is 17.4 Å². The predicted molar refractivity (Wildman–Crippen MR) is 103 cm³/mol. The van der Waals surface area contributed by atoms with Gasteiger partial charge in [0.2, 0.25) is 0 Å². The van der Waals surface area contributed by atoms with Crippen LogP contribution >= 0.6 is 0 Å². The highest BCUT2D eigenvalue weighted by atomic mass is 19.1. The van der Waals surface area contributed by atoms with Gasteiger partial charge in [0.15, 0.2) is 11.4 Å². The van der Waals surface area contributed by atoms with Gasteiger partial charge in [-0.05, 0) is 36.4 Å². The summed E-state index contributed by atoms with van der Waals surface area (Å²) in [4.78, 5) is 27.1. The summed E-state index contributed by atoms with van der Waals surface area (Å²) in [6, 6.07) is 17.6. The van der Waals surface area contributed by atoms with Crippen molar-refractivity contribution in [1.29, 1.82) is 0 Å². The molecule has 146 valence electrons. The zero-order valence-electron chi connectivity index (χ0n) is 15.3. The van der Waals surface area contributed by atoms with Gasteiger partial charge >= 0.3 is 0 Å². The van der Waals surface area contributed by atoms with E-state index >= 15 is 0 Å². The average Bonchev–Trinajstić information content (AvgIpc) is 2.92. The maximum atomic E-state index is 14.1. The molecule has 1 unspecified atom stereocenters. The third-order valence-electron chi connectivity index (χ3n) is 5.11. The third kappa shape index (κ3) is 3.32. The number of aliphatic hydroxyl groups is 1. The van der Waals surface area contributed by atoms with Crippen molar-refractivity contribution in [2.75, 3.05) is 4.90 Å². The first kappa shape index (κ1) is 19.0. The zero-order chi connectivity index (χ0) is 20.6. The molecule has 0 bridgehead atoms. The van der Waals surface area contributed by atoms with Crippen molar-refractivity contribution in [2.24, 2.45) is 0 Å². The number of ketones is 1. The number of para-hydroxylation sites is 1. The van der Waals surface area contributed by atoms with Crippen LogP contribution in [0.4, 0.5) is 14.5 Å². The van der Waals surface area contributed by atoms with Crippen LogP contribution in [0.3, 0.4) is 0 Å². The molecule has 29 heavy (non-hydrogen) atoms. The minimum Gasteiger partial charge on any atom is -0.375 e. The number of benzene rings is 3. The number of anilines is 1. The lowest BCUT2D eigenvalue weighted by Gasteiger charge is -2.23. The van der Waals surface area contributed by atoms with E-state index in [1.54, 1.807) is 42.5 Å². The van der Waals surface area contributed by atoms with Gasteiger partial charge in [0.25, 0.3) is 5.91 Å². The minimum absolute atomic E-state index is 0.0738. The van der Waals surface area contributed by atoms with Gasteiger partial charge in [-0.1, -0.05) is 36.4 Å². The fraction of sp³-hybridized carbons (Fsp3) is 0.130. The lowest BCUT2D eigenvalue weighted by molar-refractivity contribution is -0.136. The highest BCUT2D eigenvalue weighted by Gasteiger charge is 2.50. The Bertz CT molecular complexity index is 1100. The highest BCUT2D eigenvalue weighted by molar-refractivity contribution is 6.10. The summed E-state index contributed by atoms with van der Waals surface area (Å²) in [5.74, 6) is -2.14. The Morgan fingerprint density at radius 2 is 1.59 bits per heavy atom. The maximum absolute atomic E-state index is 14.1. The van der Waals surface area contributed by atoms with Crippen LogP contribution in [0.25, 0.3) is 0 Å². The number of amides is 1. The largest absolute Gasteiger partial charge is 0.375 e. The van der Waals surface area contributed by atoms with Gasteiger partial charge in [-0.3, -0.25) is 9.59 Å². The van der Waals surface area contributed by atoms with E-state index < -0.39 is 35.3 Å². The number of fused-ring (bicyclic) bond motifs is 1. The molecule has 6 heteroatoms. The molecule has 3 aromatic rings. The lowest BCUT2D eigenvalue weighted by atomic mass is 9.88. The summed E-state index contributed by atoms with van der Waals surface area (Å²) in [6.45, 7) is -0.0738. The molecule has 0 aliphatic carbocycles. The molecular formula is C23H17F2NO3. The monoisotopic (exact) mass is 393 g/mol. The molecule has 4 nitrogen and oxygen atoms in total. The van der Waals surface area contributed by atoms with Gasteiger partial charge in [-0.15, -0.1) is 0 Å². The third-order valence-corrected chi connectivity index (χ3v) is 5.11. The van der Waals surface area contributed by atoms with Gasteiger partial charge < -0.3 is 10.0 Å². The fourth-order valence-corrected chi connectivity index (χ4v) is 3.60. The molecule has 0 radical (unpaired) electrons. The Balaban J connectivity index is 1.69. The molecule has 0 saturated carbocycles. The molecule has 0 spiro atoms. The number of carbonyl (C=O) groups is 2. The van der Waals surface area contributed by atoms with E-state index in [1.807, 2.05) is 0 Å². The first-order chi connectivity index (χ1) is 13.9. The summed E-state index contributed by atoms with van der Waals surface area (Å²) in [6.07, 6.45) is -0.498. The van der Waals surface area contributed by atoms with E-state index in [2.05, 4.69) is 0 Å². The number of halogens is 2. The van der Waals surface area contributed by atoms with Crippen molar-refractivity contribution in [3.8, 4) is 0 Å². The number of rotatable bonds is 5. The Labute approximate surface area is 166 Å². The predicted octanol–water partition coefficient (Wildman–Crippen LogP) is 3.97. The number of hydrogen-bond acceptors (Lipinski definition) is 3. The van der Waals surface area contributed by atoms with Crippen molar-refractivity contribution in [1.82, 2.24) is 0 Å². The van der Waals surface area contributed by atoms with Crippen LogP contribution in [0.1, 0.15) is 27.9 Å². The zero-order valence-corrected chi connectivity index (χ0v) is 15.3. The molecule has 1 heterocycles. The summed E-state index contributed by atoms with van der Waals surface area (Å²) in [5, 5.41) is 11.2. The van der Waals surface area contributed by atoms with E-state index in [9.17, 15) is 23.5 Å². The van der Waals surface area contributed by atoms with Crippen LogP contribution in [0.15, 0.2) is 72.8 Å². The smallest absolute Gasteiger partial charge is 0.264 e. The summed E-state index contributed by atoms with van der Waals surface area (Å²) in [7, 11) is 0. The number of nitrogens with zero attached hydrogens (tertiary/aromatic N) is 1. The van der Waals surface area contributed by atoms with Gasteiger partial charge in [-0.2, -0.15) is 0 Å². The van der Waals surface area contributed by atoms with Crippen LogP contribution in [0.2, 0.25) is 0 Å². The fourth-order valence-electron chi connectivity index (χ4n) is 3.60. The number of hydrogen-bond donors (Lipinski definition) is 1. The van der Waals surface area contributed by atoms with Crippen LogP contribution in [-0.2, 0) is 16.9 Å². The molecular weight excluding hydrogens is 376 g/mol. The maximum Gasteiger partial charge on any atom is 0.264 e. The second-order valence-corrected chi connectivity index (χ2v) is 6.97. The Hall–Kier alpha value is -3.38. The van der Waals surface area contributed by atoms with Gasteiger partial charge in [0, 0.05) is 16.7 Å². The van der Waals surface area contributed by atoms with E-state index in [0.717, 1.165) is 12.1 Å². The molecule has 1 aliphatic rings. The summed E-state index contributed by atoms with van der Waals surface area (Å²) >= 11 is 0. The molecule has 1 atom stereocenters. The first-order valence-corrected chi connectivity index (χ1v) is 9.06. The molecule has 0 fully saturated rings. The normalized spacial score (nSPS) is 18.0. The molecule has 4 rings (SSSR count). The van der Waals surface area contributed by atoms with E-state index in [1.165, 1.54) is 23.1 Å². The van der Waals surface area contributed by atoms with Crippen molar-refractivity contribution < 1.29 is 23.5 Å². The van der Waals surface area contributed by atoms with Crippen molar-refractivity contribution in [3.05, 3.63) is 101 Å². The molecule has 0 aromatic heterocycles. The highest BCUT2D eigenvalue weighted by Crippen LogP contribution is 2.43. The van der Waals surface area contributed by atoms with Gasteiger partial charge in [0.05, 0.1) is 18.7 Å². The van der Waals surface area contributed by atoms with Gasteiger partial charge in [-0.25, -0.2) is 8.78 Å². The molecule has 0 saturated heterocycles. The van der Waals surface area contributed by atoms with Crippen molar-refractivity contribution in [2.45, 2.75) is 18.6 Å². The second kappa shape index (κ2) is 7.22. The van der Waals surface area contributed by atoms with Crippen molar-refractivity contribution in [3.63, 3.8) is 0 Å². The first-order valence-electron chi connectivity index (χ1n) is 9.06. The minimum atomic E-state index is -2.08. The average molecular weight is 393 g/mol. The Kier molecular flexibility index (Phi) is 4.72. The molecule has 3 aromatic carbocycles. The standard InChI is InChI=1S/C23H17F2NO3/c24-17-11-9-15(10-12-17)21(27)13-23(29)18-6-2-4-8-20(18)26(22(23)28)14-16-5-1-3-7-19(16)25/h1-12,29H,13-14H2. The Morgan fingerprint density at radius 3 is 2.31 bits per heavy atom. The van der Waals surface area contributed by atoms with Crippen LogP contribution in [0.5, 0.6) is 0 Å². The summed E-state index contributed by atoms with van der Waals surface area (Å²) < 4.78 is 27.2. The number of carbonyl (C=O) groups excluding carboxylic acids is 2. The number of Topliss-reactive ketones (excluding diaryl/α,β-unsaturated/α-hetero) is 1. The van der Waals surface area contributed by atoms with Gasteiger partial charge in [0.1, 0.15) is 11.6 Å². The van der Waals surface area contributed by atoms with Crippen LogP contribution < -0.4 is 4.90 Å². The van der Waals surface area contributed by atoms with Crippen LogP contribution in [-0.4, -0.2) is 16.8 Å².